The summed E-state index contributed by atoms with van der Waals surface area (Å²) in [6.07, 6.45) is 8.95. The normalized spacial score (nSPS) is 25.1. The maximum absolute atomic E-state index is 9.63. The van der Waals surface area contributed by atoms with Crippen LogP contribution in [-0.2, 0) is 0 Å². The molecule has 0 amide bonds. The van der Waals surface area contributed by atoms with Gasteiger partial charge in [-0.1, -0.05) is 0 Å². The molecule has 0 radical (unpaired) electrons. The van der Waals surface area contributed by atoms with Crippen LogP contribution in [0.4, 0.5) is 17.6 Å². The summed E-state index contributed by atoms with van der Waals surface area (Å²) in [5.74, 6) is 2.01. The number of imidazole rings is 1. The summed E-state index contributed by atoms with van der Waals surface area (Å²) in [4.78, 5) is 11.2. The molecule has 1 saturated heterocycles. The lowest BCUT2D eigenvalue weighted by Gasteiger charge is -2.32. The van der Waals surface area contributed by atoms with Crippen molar-refractivity contribution in [2.24, 2.45) is 0 Å². The quantitative estimate of drug-likeness (QED) is 0.623. The number of nitrogens with one attached hydrogen (secondary N) is 1. The number of fused-ring (bicyclic) bond motifs is 1. The lowest BCUT2D eigenvalue weighted by molar-refractivity contribution is 0.0485. The van der Waals surface area contributed by atoms with Gasteiger partial charge in [0.05, 0.1) is 25.1 Å². The molecule has 142 valence electrons. The largest absolute Gasteiger partial charge is 0.394 e. The van der Waals surface area contributed by atoms with E-state index >= 15 is 0 Å². The third-order valence-corrected chi connectivity index (χ3v) is 5.58. The SMILES string of the molecule is OC[C@@H]1CCCN1c1nc(Nc2cn(C3CC(O)C3)cn2)c2cccn2n1. The molecule has 0 aromatic carbocycles. The second kappa shape index (κ2) is 6.50. The number of aliphatic hydroxyl groups is 2. The summed E-state index contributed by atoms with van der Waals surface area (Å²) in [5, 5.41) is 27.0. The smallest absolute Gasteiger partial charge is 0.245 e. The van der Waals surface area contributed by atoms with Gasteiger partial charge in [0.25, 0.3) is 0 Å². The van der Waals surface area contributed by atoms with Gasteiger partial charge in [-0.3, -0.25) is 0 Å². The third-order valence-electron chi connectivity index (χ3n) is 5.58. The Morgan fingerprint density at radius 1 is 1.30 bits per heavy atom. The zero-order valence-corrected chi connectivity index (χ0v) is 14.9. The Hall–Kier alpha value is -2.65. The minimum absolute atomic E-state index is 0.0649. The van der Waals surface area contributed by atoms with E-state index in [-0.39, 0.29) is 18.8 Å². The number of nitrogens with zero attached hydrogens (tertiary/aromatic N) is 6. The summed E-state index contributed by atoms with van der Waals surface area (Å²) in [6, 6.07) is 4.27. The minimum atomic E-state index is -0.196. The second-order valence-electron chi connectivity index (χ2n) is 7.38. The van der Waals surface area contributed by atoms with Gasteiger partial charge < -0.3 is 25.0 Å². The molecule has 1 aliphatic heterocycles. The summed E-state index contributed by atoms with van der Waals surface area (Å²) < 4.78 is 3.84. The summed E-state index contributed by atoms with van der Waals surface area (Å²) in [5.41, 5.74) is 0.868. The Kier molecular flexibility index (Phi) is 3.98. The molecule has 3 N–H and O–H groups in total. The van der Waals surface area contributed by atoms with Gasteiger partial charge in [0.15, 0.2) is 5.82 Å². The first-order valence-corrected chi connectivity index (χ1v) is 9.42. The van der Waals surface area contributed by atoms with E-state index < -0.39 is 0 Å². The molecule has 0 bridgehead atoms. The van der Waals surface area contributed by atoms with E-state index in [4.69, 9.17) is 4.98 Å². The van der Waals surface area contributed by atoms with Crippen molar-refractivity contribution < 1.29 is 10.2 Å². The van der Waals surface area contributed by atoms with Gasteiger partial charge in [0, 0.05) is 25.0 Å². The average Bonchev–Trinajstić information content (AvgIpc) is 3.38. The van der Waals surface area contributed by atoms with Crippen LogP contribution < -0.4 is 10.2 Å². The van der Waals surface area contributed by atoms with Crippen LogP contribution in [0.15, 0.2) is 30.9 Å². The fraction of sp³-hybridized carbons (Fsp3) is 0.500. The Morgan fingerprint density at radius 2 is 2.19 bits per heavy atom. The van der Waals surface area contributed by atoms with Gasteiger partial charge >= 0.3 is 0 Å². The summed E-state index contributed by atoms with van der Waals surface area (Å²) in [7, 11) is 0. The van der Waals surface area contributed by atoms with Crippen LogP contribution in [0, 0.1) is 0 Å². The van der Waals surface area contributed by atoms with Gasteiger partial charge in [-0.05, 0) is 37.8 Å². The van der Waals surface area contributed by atoms with E-state index in [1.165, 1.54) is 0 Å². The van der Waals surface area contributed by atoms with E-state index in [9.17, 15) is 10.2 Å². The topological polar surface area (TPSA) is 104 Å². The lowest BCUT2D eigenvalue weighted by atomic mass is 9.89. The Labute approximate surface area is 156 Å². The highest BCUT2D eigenvalue weighted by Gasteiger charge is 2.29. The monoisotopic (exact) mass is 369 g/mol. The highest BCUT2D eigenvalue weighted by Crippen LogP contribution is 2.33. The predicted molar refractivity (Wildman–Crippen MR) is 100 cm³/mol. The van der Waals surface area contributed by atoms with E-state index in [2.05, 4.69) is 20.3 Å². The van der Waals surface area contributed by atoms with Gasteiger partial charge in [-0.15, -0.1) is 5.10 Å². The van der Waals surface area contributed by atoms with Crippen LogP contribution in [0.5, 0.6) is 0 Å². The molecular weight excluding hydrogens is 346 g/mol. The van der Waals surface area contributed by atoms with E-state index in [0.29, 0.717) is 23.6 Å². The average molecular weight is 369 g/mol. The fourth-order valence-electron chi connectivity index (χ4n) is 3.95. The molecule has 9 nitrogen and oxygen atoms in total. The Balaban J connectivity index is 1.45. The molecule has 2 aliphatic rings. The standard InChI is InChI=1S/C18H23N7O2/c26-10-12-3-1-5-24(12)18-21-17(15-4-2-6-25(15)22-18)20-16-9-23(11-19-16)13-7-14(27)8-13/h2,4,6,9,11-14,26-27H,1,3,5,7-8,10H2,(H,20,21,22)/t12-,13?,14?/m0/s1. The molecule has 0 unspecified atom stereocenters. The van der Waals surface area contributed by atoms with Crippen LogP contribution in [0.1, 0.15) is 31.7 Å². The van der Waals surface area contributed by atoms with Gasteiger partial charge in [0.1, 0.15) is 11.3 Å². The molecule has 1 saturated carbocycles. The molecule has 1 atom stereocenters. The molecule has 2 fully saturated rings. The van der Waals surface area contributed by atoms with Gasteiger partial charge in [0.2, 0.25) is 5.95 Å². The van der Waals surface area contributed by atoms with Crippen molar-refractivity contribution in [2.45, 2.75) is 43.9 Å². The van der Waals surface area contributed by atoms with Crippen LogP contribution in [0.3, 0.4) is 0 Å². The van der Waals surface area contributed by atoms with Crippen LogP contribution in [0.25, 0.3) is 5.52 Å². The number of anilines is 3. The highest BCUT2D eigenvalue weighted by molar-refractivity contribution is 5.73. The predicted octanol–water partition coefficient (Wildman–Crippen LogP) is 1.33. The van der Waals surface area contributed by atoms with Crippen molar-refractivity contribution in [1.29, 1.82) is 0 Å². The van der Waals surface area contributed by atoms with Gasteiger partial charge in [-0.25, -0.2) is 9.50 Å². The van der Waals surface area contributed by atoms with Crippen LogP contribution in [-0.4, -0.2) is 59.7 Å². The van der Waals surface area contributed by atoms with Crippen molar-refractivity contribution >= 4 is 23.1 Å². The zero-order chi connectivity index (χ0) is 18.4. The number of rotatable bonds is 5. The van der Waals surface area contributed by atoms with Crippen molar-refractivity contribution in [1.82, 2.24) is 24.1 Å². The number of hydrogen-bond donors (Lipinski definition) is 3. The highest BCUT2D eigenvalue weighted by atomic mass is 16.3. The summed E-state index contributed by atoms with van der Waals surface area (Å²) in [6.45, 7) is 0.948. The molecule has 27 heavy (non-hydrogen) atoms. The number of aliphatic hydroxyl groups excluding tert-OH is 2. The molecule has 5 rings (SSSR count). The molecule has 3 aromatic rings. The lowest BCUT2D eigenvalue weighted by Crippen LogP contribution is -2.34. The second-order valence-corrected chi connectivity index (χ2v) is 7.38. The molecule has 0 spiro atoms. The maximum Gasteiger partial charge on any atom is 0.245 e. The molecule has 1 aliphatic carbocycles. The van der Waals surface area contributed by atoms with Crippen molar-refractivity contribution in [3.05, 3.63) is 30.9 Å². The fourth-order valence-corrected chi connectivity index (χ4v) is 3.95. The Bertz CT molecular complexity index is 946. The third kappa shape index (κ3) is 2.92. The molecule has 4 heterocycles. The van der Waals surface area contributed by atoms with Gasteiger partial charge in [-0.2, -0.15) is 4.98 Å². The van der Waals surface area contributed by atoms with E-state index in [1.807, 2.05) is 29.1 Å². The van der Waals surface area contributed by atoms with Crippen molar-refractivity contribution in [3.63, 3.8) is 0 Å². The molecular formula is C18H23N7O2. The van der Waals surface area contributed by atoms with E-state index in [1.54, 1.807) is 10.8 Å². The number of hydrogen-bond acceptors (Lipinski definition) is 7. The Morgan fingerprint density at radius 3 is 3.00 bits per heavy atom. The molecule has 3 aromatic heterocycles. The first-order chi connectivity index (χ1) is 13.2. The van der Waals surface area contributed by atoms with Crippen LogP contribution in [0.2, 0.25) is 0 Å². The first-order valence-electron chi connectivity index (χ1n) is 9.42. The van der Waals surface area contributed by atoms with Crippen molar-refractivity contribution in [3.8, 4) is 0 Å². The first kappa shape index (κ1) is 16.5. The number of aromatic nitrogens is 5. The van der Waals surface area contributed by atoms with Crippen LogP contribution >= 0.6 is 0 Å². The zero-order valence-electron chi connectivity index (χ0n) is 14.9. The molecule has 9 heteroatoms. The minimum Gasteiger partial charge on any atom is -0.394 e. The summed E-state index contributed by atoms with van der Waals surface area (Å²) >= 11 is 0. The van der Waals surface area contributed by atoms with E-state index in [0.717, 1.165) is 37.7 Å². The van der Waals surface area contributed by atoms with Crippen molar-refractivity contribution in [2.75, 3.05) is 23.4 Å². The maximum atomic E-state index is 9.63.